The number of halogens is 1. The third-order valence-electron chi connectivity index (χ3n) is 8.82. The maximum Gasteiger partial charge on any atom is 0.303 e. The van der Waals surface area contributed by atoms with Crippen molar-refractivity contribution in [2.75, 3.05) is 10.6 Å². The summed E-state index contributed by atoms with van der Waals surface area (Å²) >= 11 is 2.22. The zero-order chi connectivity index (χ0) is 34.9. The van der Waals surface area contributed by atoms with E-state index in [9.17, 15) is 19.2 Å². The van der Waals surface area contributed by atoms with Gasteiger partial charge in [-0.05, 0) is 134 Å². The van der Waals surface area contributed by atoms with Gasteiger partial charge in [0, 0.05) is 61.7 Å². The lowest BCUT2D eigenvalue weighted by Gasteiger charge is -2.03. The molecule has 0 fully saturated rings. The van der Waals surface area contributed by atoms with E-state index in [1.165, 1.54) is 0 Å². The van der Waals surface area contributed by atoms with Crippen LogP contribution in [0.5, 0.6) is 0 Å². The van der Waals surface area contributed by atoms with E-state index < -0.39 is 11.9 Å². The third-order valence-corrected chi connectivity index (χ3v) is 9.49. The van der Waals surface area contributed by atoms with E-state index in [2.05, 4.69) is 43.2 Å². The number of hydrogen-bond acceptors (Lipinski definition) is 4. The molecular weight excluding hydrogens is 723 g/mol. The van der Waals surface area contributed by atoms with Gasteiger partial charge in [-0.25, -0.2) is 0 Å². The third kappa shape index (κ3) is 7.15. The SMILES string of the molecule is Cc1[nH]c(C=C2C(=O)Nc3ccc(I)cc32)c(C)c1CCC(=O)O.Cc1cccc2c1C(=Cc1[nH]c(C)c(CCC(=O)O)c1C)C(=O)N2. The fourth-order valence-corrected chi connectivity index (χ4v) is 6.79. The number of nitrogens with one attached hydrogen (secondary N) is 4. The molecule has 10 nitrogen and oxygen atoms in total. The lowest BCUT2D eigenvalue weighted by atomic mass is 9.99. The zero-order valence-electron chi connectivity index (χ0n) is 27.4. The van der Waals surface area contributed by atoms with Crippen LogP contribution in [0, 0.1) is 38.2 Å². The lowest BCUT2D eigenvalue weighted by Crippen LogP contribution is -2.03. The smallest absolute Gasteiger partial charge is 0.303 e. The van der Waals surface area contributed by atoms with Crippen molar-refractivity contribution >= 4 is 81.0 Å². The minimum absolute atomic E-state index is 0.0943. The minimum Gasteiger partial charge on any atom is -0.481 e. The Bertz CT molecular complexity index is 2050. The van der Waals surface area contributed by atoms with Crippen molar-refractivity contribution in [1.29, 1.82) is 0 Å². The van der Waals surface area contributed by atoms with E-state index in [1.807, 2.05) is 83.2 Å². The Kier molecular flexibility index (Phi) is 10.1. The molecule has 0 bridgehead atoms. The van der Waals surface area contributed by atoms with Crippen LogP contribution < -0.4 is 10.6 Å². The number of carboxylic acids is 2. The fraction of sp³-hybridized carbons (Fsp3) is 0.243. The number of aliphatic carboxylic acids is 2. The van der Waals surface area contributed by atoms with Crippen molar-refractivity contribution in [1.82, 2.24) is 9.97 Å². The van der Waals surface area contributed by atoms with Gasteiger partial charge in [0.05, 0.1) is 11.1 Å². The molecule has 0 unspecified atom stereocenters. The Labute approximate surface area is 291 Å². The normalized spacial score (nSPS) is 14.8. The van der Waals surface area contributed by atoms with Gasteiger partial charge in [-0.1, -0.05) is 12.1 Å². The van der Waals surface area contributed by atoms with Crippen molar-refractivity contribution < 1.29 is 29.4 Å². The summed E-state index contributed by atoms with van der Waals surface area (Å²) in [5, 5.41) is 23.5. The van der Waals surface area contributed by atoms with Crippen LogP contribution in [0.15, 0.2) is 36.4 Å². The number of aryl methyl sites for hydroxylation is 3. The van der Waals surface area contributed by atoms with E-state index in [-0.39, 0.29) is 24.7 Å². The van der Waals surface area contributed by atoms with Crippen LogP contribution in [0.25, 0.3) is 23.3 Å². The molecule has 0 saturated carbocycles. The number of carboxylic acid groups (broad SMARTS) is 2. The Morgan fingerprint density at radius 1 is 0.729 bits per heavy atom. The summed E-state index contributed by atoms with van der Waals surface area (Å²) in [6, 6.07) is 11.6. The molecule has 4 aromatic rings. The van der Waals surface area contributed by atoms with Crippen LogP contribution in [0.1, 0.15) is 74.6 Å². The highest BCUT2D eigenvalue weighted by molar-refractivity contribution is 14.1. The highest BCUT2D eigenvalue weighted by Gasteiger charge is 2.27. The average molecular weight is 761 g/mol. The van der Waals surface area contributed by atoms with Crippen molar-refractivity contribution in [2.45, 2.75) is 60.3 Å². The summed E-state index contributed by atoms with van der Waals surface area (Å²) in [7, 11) is 0. The molecule has 0 saturated heterocycles. The fourth-order valence-electron chi connectivity index (χ4n) is 6.30. The molecule has 0 radical (unpaired) electrons. The first kappa shape index (κ1) is 34.4. The maximum absolute atomic E-state index is 12.3. The van der Waals surface area contributed by atoms with Gasteiger partial charge in [0.2, 0.25) is 0 Å². The lowest BCUT2D eigenvalue weighted by molar-refractivity contribution is -0.138. The Hall–Kier alpha value is -4.91. The number of H-pyrrole nitrogens is 2. The number of benzene rings is 2. The van der Waals surface area contributed by atoms with Crippen LogP contribution in [0.4, 0.5) is 11.4 Å². The number of fused-ring (bicyclic) bond motifs is 2. The van der Waals surface area contributed by atoms with E-state index in [0.29, 0.717) is 24.0 Å². The molecule has 2 aromatic carbocycles. The number of anilines is 2. The Balaban J connectivity index is 0.000000188. The minimum atomic E-state index is -0.812. The maximum atomic E-state index is 12.3. The van der Waals surface area contributed by atoms with Crippen LogP contribution in [0.3, 0.4) is 0 Å². The topological polar surface area (TPSA) is 164 Å². The second-order valence-corrected chi connectivity index (χ2v) is 13.3. The van der Waals surface area contributed by atoms with Crippen molar-refractivity contribution in [2.24, 2.45) is 0 Å². The van der Waals surface area contributed by atoms with Crippen LogP contribution >= 0.6 is 22.6 Å². The molecule has 2 aromatic heterocycles. The molecule has 2 aliphatic rings. The molecule has 248 valence electrons. The molecule has 11 heteroatoms. The van der Waals surface area contributed by atoms with Gasteiger partial charge < -0.3 is 30.8 Å². The van der Waals surface area contributed by atoms with Gasteiger partial charge in [0.1, 0.15) is 0 Å². The summed E-state index contributed by atoms with van der Waals surface area (Å²) in [6.07, 6.45) is 4.86. The number of carbonyl (C=O) groups excluding carboxylic acids is 2. The van der Waals surface area contributed by atoms with Crippen molar-refractivity contribution in [3.63, 3.8) is 0 Å². The molecule has 0 aliphatic carbocycles. The molecule has 6 rings (SSSR count). The molecule has 0 atom stereocenters. The number of aromatic amines is 2. The molecule has 0 spiro atoms. The van der Waals surface area contributed by atoms with Crippen LogP contribution in [-0.4, -0.2) is 43.9 Å². The van der Waals surface area contributed by atoms with Crippen LogP contribution in [0.2, 0.25) is 0 Å². The van der Waals surface area contributed by atoms with Gasteiger partial charge in [0.15, 0.2) is 0 Å². The van der Waals surface area contributed by atoms with E-state index in [0.717, 1.165) is 76.7 Å². The van der Waals surface area contributed by atoms with Crippen molar-refractivity contribution in [3.05, 3.63) is 102 Å². The first-order chi connectivity index (χ1) is 22.7. The molecule has 6 N–H and O–H groups in total. The molecule has 2 amide bonds. The zero-order valence-corrected chi connectivity index (χ0v) is 29.5. The first-order valence-corrected chi connectivity index (χ1v) is 16.6. The summed E-state index contributed by atoms with van der Waals surface area (Å²) in [5.74, 6) is -1.85. The number of rotatable bonds is 8. The second kappa shape index (κ2) is 14.1. The molecular formula is C37H37IN4O6. The predicted molar refractivity (Wildman–Crippen MR) is 196 cm³/mol. The van der Waals surface area contributed by atoms with E-state index in [1.54, 1.807) is 0 Å². The summed E-state index contributed by atoms with van der Waals surface area (Å²) < 4.78 is 1.07. The Morgan fingerprint density at radius 2 is 1.25 bits per heavy atom. The standard InChI is InChI=1S/C19H20N2O3.C18H17IN2O3/c1-10-5-4-6-15-18(10)14(19(24)21-15)9-16-11(2)13(12(3)20-16)7-8-17(22)23;1-9-12(4-6-17(22)23)10(2)20-16(9)8-14-13-7-11(19)3-5-15(13)21-18(14)24/h4-6,9,20H,7-8H2,1-3H3,(H,21,24)(H,22,23);3,5,7-8,20H,4,6H2,1-2H3,(H,21,24)(H,22,23). The number of amides is 2. The highest BCUT2D eigenvalue weighted by atomic mass is 127. The quantitative estimate of drug-likeness (QED) is 0.0822. The number of hydrogen-bond donors (Lipinski definition) is 6. The van der Waals surface area contributed by atoms with Gasteiger partial charge in [-0.2, -0.15) is 0 Å². The summed E-state index contributed by atoms with van der Waals surface area (Å²) in [5.41, 5.74) is 13.4. The van der Waals surface area contributed by atoms with Crippen LogP contribution in [-0.2, 0) is 32.0 Å². The van der Waals surface area contributed by atoms with E-state index in [4.69, 9.17) is 10.2 Å². The second-order valence-electron chi connectivity index (χ2n) is 12.0. The number of aromatic nitrogens is 2. The average Bonchev–Trinajstić information content (AvgIpc) is 3.68. The van der Waals surface area contributed by atoms with Gasteiger partial charge >= 0.3 is 11.9 Å². The van der Waals surface area contributed by atoms with Gasteiger partial charge in [-0.15, -0.1) is 0 Å². The Morgan fingerprint density at radius 3 is 1.81 bits per heavy atom. The largest absolute Gasteiger partial charge is 0.481 e. The molecule has 48 heavy (non-hydrogen) atoms. The predicted octanol–water partition coefficient (Wildman–Crippen LogP) is 7.20. The molecule has 2 aliphatic heterocycles. The van der Waals surface area contributed by atoms with Crippen molar-refractivity contribution in [3.8, 4) is 0 Å². The van der Waals surface area contributed by atoms with Gasteiger partial charge in [0.25, 0.3) is 11.8 Å². The highest BCUT2D eigenvalue weighted by Crippen LogP contribution is 2.37. The summed E-state index contributed by atoms with van der Waals surface area (Å²) in [4.78, 5) is 52.8. The van der Waals surface area contributed by atoms with E-state index >= 15 is 0 Å². The first-order valence-electron chi connectivity index (χ1n) is 15.5. The van der Waals surface area contributed by atoms with Gasteiger partial charge in [-0.3, -0.25) is 19.2 Å². The summed E-state index contributed by atoms with van der Waals surface area (Å²) in [6.45, 7) is 9.75. The molecule has 4 heterocycles. The number of carbonyl (C=O) groups is 4. The monoisotopic (exact) mass is 760 g/mol.